The number of ether oxygens (including phenoxy) is 1. The van der Waals surface area contributed by atoms with Gasteiger partial charge in [0.1, 0.15) is 11.9 Å². The average molecular weight is 451 g/mol. The lowest BCUT2D eigenvalue weighted by Crippen LogP contribution is -2.35. The minimum absolute atomic E-state index is 0.176. The van der Waals surface area contributed by atoms with Gasteiger partial charge in [-0.25, -0.2) is 14.0 Å². The molecule has 9 heteroatoms. The van der Waals surface area contributed by atoms with Crippen molar-refractivity contribution < 1.29 is 18.7 Å². The molecule has 7 nitrogen and oxygen atoms in total. The second-order valence-corrected chi connectivity index (χ2v) is 7.15. The van der Waals surface area contributed by atoms with Crippen molar-refractivity contribution in [3.05, 3.63) is 47.2 Å². The Bertz CT molecular complexity index is 829. The second kappa shape index (κ2) is 9.06. The van der Waals surface area contributed by atoms with Gasteiger partial charge in [-0.1, -0.05) is 21.5 Å². The van der Waals surface area contributed by atoms with Crippen LogP contribution in [0.1, 0.15) is 12.8 Å². The van der Waals surface area contributed by atoms with Crippen LogP contribution >= 0.6 is 15.9 Å². The summed E-state index contributed by atoms with van der Waals surface area (Å²) in [6.45, 7) is 8.65. The van der Waals surface area contributed by atoms with Crippen molar-refractivity contribution in [3.8, 4) is 0 Å². The number of nitrogens with one attached hydrogen (secondary N) is 1. The van der Waals surface area contributed by atoms with Gasteiger partial charge in [-0.05, 0) is 31.0 Å². The number of amides is 2. The van der Waals surface area contributed by atoms with Crippen molar-refractivity contribution in [1.29, 1.82) is 0 Å². The highest BCUT2D eigenvalue weighted by Crippen LogP contribution is 2.30. The van der Waals surface area contributed by atoms with Crippen LogP contribution in [0.25, 0.3) is 4.85 Å². The van der Waals surface area contributed by atoms with Gasteiger partial charge in [0.25, 0.3) is 0 Å². The van der Waals surface area contributed by atoms with Gasteiger partial charge in [0.05, 0.1) is 36.4 Å². The molecule has 0 radical (unpaired) electrons. The molecular formula is C19H20BrFN4O3. The molecule has 2 fully saturated rings. The molecule has 0 unspecified atom stereocenters. The van der Waals surface area contributed by atoms with E-state index in [1.807, 2.05) is 4.90 Å². The third-order valence-corrected chi connectivity index (χ3v) is 5.27. The van der Waals surface area contributed by atoms with E-state index in [1.54, 1.807) is 18.3 Å². The molecule has 0 aliphatic carbocycles. The third kappa shape index (κ3) is 4.62. The smallest absolute Gasteiger partial charge is 0.414 e. The van der Waals surface area contributed by atoms with Crippen LogP contribution in [0.4, 0.5) is 20.6 Å². The number of hydrogen-bond donors (Lipinski definition) is 1. The molecule has 2 heterocycles. The fourth-order valence-electron chi connectivity index (χ4n) is 3.29. The van der Waals surface area contributed by atoms with Gasteiger partial charge in [-0.15, -0.1) is 0 Å². The highest BCUT2D eigenvalue weighted by Gasteiger charge is 2.33. The minimum atomic E-state index is -0.558. The summed E-state index contributed by atoms with van der Waals surface area (Å²) in [6.07, 6.45) is 1.99. The first-order valence-corrected chi connectivity index (χ1v) is 10.0. The van der Waals surface area contributed by atoms with E-state index in [9.17, 15) is 14.0 Å². The van der Waals surface area contributed by atoms with Crippen LogP contribution < -0.4 is 15.1 Å². The van der Waals surface area contributed by atoms with Crippen molar-refractivity contribution in [2.75, 3.05) is 41.3 Å². The summed E-state index contributed by atoms with van der Waals surface area (Å²) in [7, 11) is 0. The number of anilines is 2. The first-order chi connectivity index (χ1) is 13.5. The molecule has 3 rings (SSSR count). The van der Waals surface area contributed by atoms with Crippen LogP contribution in [0.3, 0.4) is 0 Å². The molecule has 1 aromatic carbocycles. The summed E-state index contributed by atoms with van der Waals surface area (Å²) in [6, 6.07) is 4.70. The van der Waals surface area contributed by atoms with Crippen LogP contribution in [-0.2, 0) is 9.53 Å². The number of cyclic esters (lactones) is 1. The summed E-state index contributed by atoms with van der Waals surface area (Å²) >= 11 is 3.05. The van der Waals surface area contributed by atoms with Crippen molar-refractivity contribution in [2.45, 2.75) is 18.9 Å². The fraction of sp³-hybridized carbons (Fsp3) is 0.421. The molecular weight excluding hydrogens is 431 g/mol. The number of alkyl halides is 1. The fourth-order valence-corrected chi connectivity index (χ4v) is 3.49. The van der Waals surface area contributed by atoms with E-state index >= 15 is 0 Å². The standard InChI is InChI=1S/C19H20BrFN4O3/c1-22-10-13-4-6-24(7-5-13)17-3-2-14(8-16(17)21)25-12-15(28-19(25)27)11-23-18(26)9-20/h2-3,8,10,15H,4-7,9,11-12H2,(H,23,26)/t15-/m0/s1. The van der Waals surface area contributed by atoms with Crippen molar-refractivity contribution in [3.63, 3.8) is 0 Å². The lowest BCUT2D eigenvalue weighted by atomic mass is 10.0. The molecule has 0 bridgehead atoms. The maximum atomic E-state index is 14.7. The zero-order valence-corrected chi connectivity index (χ0v) is 16.7. The van der Waals surface area contributed by atoms with Crippen molar-refractivity contribution in [2.24, 2.45) is 0 Å². The van der Waals surface area contributed by atoms with Crippen LogP contribution in [0.15, 0.2) is 30.0 Å². The molecule has 2 aliphatic heterocycles. The summed E-state index contributed by atoms with van der Waals surface area (Å²) < 4.78 is 19.9. The number of benzene rings is 1. The van der Waals surface area contributed by atoms with Crippen molar-refractivity contribution >= 4 is 39.3 Å². The number of piperidine rings is 1. The molecule has 1 N–H and O–H groups in total. The normalized spacial score (nSPS) is 19.2. The first-order valence-electron chi connectivity index (χ1n) is 8.91. The molecule has 0 saturated carbocycles. The highest BCUT2D eigenvalue weighted by atomic mass is 79.9. The Morgan fingerprint density at radius 2 is 2.18 bits per heavy atom. The molecule has 0 spiro atoms. The monoisotopic (exact) mass is 450 g/mol. The predicted octanol–water partition coefficient (Wildman–Crippen LogP) is 3.07. The summed E-state index contributed by atoms with van der Waals surface area (Å²) in [4.78, 5) is 30.0. The van der Waals surface area contributed by atoms with Crippen LogP contribution in [-0.4, -0.2) is 49.6 Å². The molecule has 2 saturated heterocycles. The Balaban J connectivity index is 1.64. The van der Waals surface area contributed by atoms with Gasteiger partial charge >= 0.3 is 6.09 Å². The quantitative estimate of drug-likeness (QED) is 0.552. The minimum Gasteiger partial charge on any atom is -0.442 e. The van der Waals surface area contributed by atoms with Crippen LogP contribution in [0.5, 0.6) is 0 Å². The van der Waals surface area contributed by atoms with E-state index in [-0.39, 0.29) is 24.3 Å². The first kappa shape index (κ1) is 20.1. The Morgan fingerprint density at radius 1 is 1.43 bits per heavy atom. The summed E-state index contributed by atoms with van der Waals surface area (Å²) in [5.74, 6) is -0.597. The SMILES string of the molecule is [C-]#[N+]C=C1CCN(c2ccc(N3C[C@H](CNC(=O)CBr)OC3=O)cc2F)CC1. The number of rotatable bonds is 5. The lowest BCUT2D eigenvalue weighted by Gasteiger charge is -2.31. The van der Waals surface area contributed by atoms with E-state index in [0.717, 1.165) is 18.4 Å². The third-order valence-electron chi connectivity index (χ3n) is 4.76. The zero-order chi connectivity index (χ0) is 20.1. The number of nitrogens with zero attached hydrogens (tertiary/aromatic N) is 3. The van der Waals surface area contributed by atoms with E-state index in [2.05, 4.69) is 26.1 Å². The van der Waals surface area contributed by atoms with E-state index < -0.39 is 18.0 Å². The van der Waals surface area contributed by atoms with Gasteiger partial charge in [-0.3, -0.25) is 9.69 Å². The molecule has 0 aromatic heterocycles. The molecule has 1 aromatic rings. The number of hydrogen-bond acceptors (Lipinski definition) is 4. The highest BCUT2D eigenvalue weighted by molar-refractivity contribution is 9.09. The van der Waals surface area contributed by atoms with Crippen molar-refractivity contribution in [1.82, 2.24) is 5.32 Å². The van der Waals surface area contributed by atoms with Gasteiger partial charge < -0.3 is 15.0 Å². The molecule has 28 heavy (non-hydrogen) atoms. The maximum Gasteiger partial charge on any atom is 0.414 e. The number of carbonyl (C=O) groups excluding carboxylic acids is 2. The molecule has 148 valence electrons. The Hall–Kier alpha value is -2.60. The summed E-state index contributed by atoms with van der Waals surface area (Å²) in [5.41, 5.74) is 1.99. The largest absolute Gasteiger partial charge is 0.442 e. The van der Waals surface area contributed by atoms with Gasteiger partial charge in [0.15, 0.2) is 6.20 Å². The van der Waals surface area contributed by atoms with Gasteiger partial charge in [0.2, 0.25) is 5.91 Å². The average Bonchev–Trinajstić information content (AvgIpc) is 3.07. The predicted molar refractivity (Wildman–Crippen MR) is 107 cm³/mol. The van der Waals surface area contributed by atoms with E-state index in [0.29, 0.717) is 24.5 Å². The molecule has 1 atom stereocenters. The van der Waals surface area contributed by atoms with Crippen LogP contribution in [0.2, 0.25) is 0 Å². The number of halogens is 2. The van der Waals surface area contributed by atoms with Gasteiger partial charge in [0, 0.05) is 13.1 Å². The lowest BCUT2D eigenvalue weighted by molar-refractivity contribution is -0.118. The topological polar surface area (TPSA) is 66.2 Å². The molecule has 2 aliphatic rings. The Morgan fingerprint density at radius 3 is 2.82 bits per heavy atom. The zero-order valence-electron chi connectivity index (χ0n) is 15.2. The Labute approximate surface area is 171 Å². The number of carbonyl (C=O) groups is 2. The maximum absolute atomic E-state index is 14.7. The van der Waals surface area contributed by atoms with Crippen LogP contribution in [0, 0.1) is 12.4 Å². The Kier molecular flexibility index (Phi) is 6.52. The van der Waals surface area contributed by atoms with Gasteiger partial charge in [-0.2, -0.15) is 0 Å². The second-order valence-electron chi connectivity index (χ2n) is 6.59. The van der Waals surface area contributed by atoms with E-state index in [4.69, 9.17) is 11.3 Å². The molecule has 2 amide bonds. The van der Waals surface area contributed by atoms with E-state index in [1.165, 1.54) is 11.0 Å². The summed E-state index contributed by atoms with van der Waals surface area (Å²) in [5, 5.41) is 2.83.